The molecule has 0 aliphatic heterocycles. The van der Waals surface area contributed by atoms with Gasteiger partial charge in [0.15, 0.2) is 0 Å². The zero-order valence-electron chi connectivity index (χ0n) is 9.34. The maximum Gasteiger partial charge on any atom is 0.355 e. The summed E-state index contributed by atoms with van der Waals surface area (Å²) in [6.45, 7) is 4.09. The van der Waals surface area contributed by atoms with Gasteiger partial charge in [-0.1, -0.05) is 23.2 Å². The van der Waals surface area contributed by atoms with Gasteiger partial charge in [-0.2, -0.15) is 0 Å². The molecule has 0 fully saturated rings. The van der Waals surface area contributed by atoms with Crippen LogP contribution < -0.4 is 10.4 Å². The summed E-state index contributed by atoms with van der Waals surface area (Å²) in [6, 6.07) is 3.29. The molecule has 0 atom stereocenters. The lowest BCUT2D eigenvalue weighted by Crippen LogP contribution is -2.02. The van der Waals surface area contributed by atoms with Crippen molar-refractivity contribution in [3.8, 4) is 5.75 Å². The van der Waals surface area contributed by atoms with Crippen molar-refractivity contribution >= 4 is 34.2 Å². The average Bonchev–Trinajstić information content (AvgIpc) is 2.29. The zero-order chi connectivity index (χ0) is 12.6. The van der Waals surface area contributed by atoms with E-state index in [-0.39, 0.29) is 5.02 Å². The van der Waals surface area contributed by atoms with Crippen molar-refractivity contribution in [3.05, 3.63) is 38.2 Å². The van der Waals surface area contributed by atoms with E-state index in [1.807, 2.05) is 6.92 Å². The first kappa shape index (κ1) is 12.3. The minimum absolute atomic E-state index is 0.0812. The second-order valence-electron chi connectivity index (χ2n) is 3.54. The molecule has 0 N–H and O–H groups in total. The van der Waals surface area contributed by atoms with Gasteiger partial charge in [-0.3, -0.25) is 0 Å². The first-order valence-corrected chi connectivity index (χ1v) is 5.85. The molecule has 2 rings (SSSR count). The first-order chi connectivity index (χ1) is 8.04. The Balaban J connectivity index is 2.79. The molecule has 0 radical (unpaired) electrons. The van der Waals surface area contributed by atoms with Crippen LogP contribution in [0.15, 0.2) is 21.3 Å². The lowest BCUT2D eigenvalue weighted by atomic mass is 10.1. The van der Waals surface area contributed by atoms with Crippen molar-refractivity contribution in [1.29, 1.82) is 0 Å². The summed E-state index contributed by atoms with van der Waals surface area (Å²) >= 11 is 11.9. The smallest absolute Gasteiger partial charge is 0.355 e. The van der Waals surface area contributed by atoms with Crippen molar-refractivity contribution in [2.45, 2.75) is 13.8 Å². The largest absolute Gasteiger partial charge is 0.492 e. The Hall–Kier alpha value is -1.19. The average molecular weight is 273 g/mol. The van der Waals surface area contributed by atoms with Crippen molar-refractivity contribution in [2.24, 2.45) is 0 Å². The normalized spacial score (nSPS) is 10.8. The van der Waals surface area contributed by atoms with Crippen LogP contribution in [0.1, 0.15) is 12.5 Å². The summed E-state index contributed by atoms with van der Waals surface area (Å²) in [6.07, 6.45) is 0. The van der Waals surface area contributed by atoms with Crippen LogP contribution in [0.25, 0.3) is 11.0 Å². The summed E-state index contributed by atoms with van der Waals surface area (Å²) in [7, 11) is 0. The monoisotopic (exact) mass is 272 g/mol. The highest BCUT2D eigenvalue weighted by molar-refractivity contribution is 6.33. The minimum atomic E-state index is -0.554. The van der Waals surface area contributed by atoms with Crippen molar-refractivity contribution in [2.75, 3.05) is 6.61 Å². The van der Waals surface area contributed by atoms with Gasteiger partial charge < -0.3 is 9.15 Å². The molecular formula is C12H10Cl2O3. The predicted molar refractivity (Wildman–Crippen MR) is 68.4 cm³/mol. The molecular weight excluding hydrogens is 263 g/mol. The van der Waals surface area contributed by atoms with Gasteiger partial charge in [0.25, 0.3) is 0 Å². The fourth-order valence-electron chi connectivity index (χ4n) is 1.59. The van der Waals surface area contributed by atoms with E-state index in [1.54, 1.807) is 19.1 Å². The molecule has 0 spiro atoms. The Morgan fingerprint density at radius 2 is 2.06 bits per heavy atom. The second kappa shape index (κ2) is 4.59. The topological polar surface area (TPSA) is 39.4 Å². The number of hydrogen-bond donors (Lipinski definition) is 0. The lowest BCUT2D eigenvalue weighted by Gasteiger charge is -2.08. The van der Waals surface area contributed by atoms with Gasteiger partial charge in [-0.15, -0.1) is 0 Å². The van der Waals surface area contributed by atoms with Gasteiger partial charge in [0.2, 0.25) is 0 Å². The standard InChI is InChI=1S/C12H10Cl2O3/c1-3-16-10-5-9-7(4-8(10)13)6(2)11(14)12(15)17-9/h4-5H,3H2,1-2H3. The number of aryl methyl sites for hydroxylation is 1. The summed E-state index contributed by atoms with van der Waals surface area (Å²) in [5.74, 6) is 0.492. The predicted octanol–water partition coefficient (Wildman–Crippen LogP) is 3.81. The van der Waals surface area contributed by atoms with Crippen molar-refractivity contribution < 1.29 is 9.15 Å². The van der Waals surface area contributed by atoms with E-state index in [0.29, 0.717) is 33.9 Å². The molecule has 1 heterocycles. The highest BCUT2D eigenvalue weighted by Gasteiger charge is 2.12. The van der Waals surface area contributed by atoms with Gasteiger partial charge >= 0.3 is 5.63 Å². The third-order valence-corrected chi connectivity index (χ3v) is 3.18. The molecule has 0 bridgehead atoms. The van der Waals surface area contributed by atoms with E-state index in [9.17, 15) is 4.79 Å². The van der Waals surface area contributed by atoms with E-state index >= 15 is 0 Å². The van der Waals surface area contributed by atoms with Crippen LogP contribution in [-0.2, 0) is 0 Å². The van der Waals surface area contributed by atoms with Crippen molar-refractivity contribution in [1.82, 2.24) is 0 Å². The third-order valence-electron chi connectivity index (χ3n) is 2.45. The third kappa shape index (κ3) is 2.13. The summed E-state index contributed by atoms with van der Waals surface area (Å²) in [4.78, 5) is 11.4. The number of fused-ring (bicyclic) bond motifs is 1. The van der Waals surface area contributed by atoms with E-state index < -0.39 is 5.63 Å². The molecule has 5 heteroatoms. The van der Waals surface area contributed by atoms with Gasteiger partial charge in [0.1, 0.15) is 16.4 Å². The first-order valence-electron chi connectivity index (χ1n) is 5.09. The maximum atomic E-state index is 11.4. The Kier molecular flexibility index (Phi) is 3.31. The Morgan fingerprint density at radius 1 is 1.35 bits per heavy atom. The van der Waals surface area contributed by atoms with Gasteiger partial charge in [0, 0.05) is 11.5 Å². The molecule has 0 saturated heterocycles. The van der Waals surface area contributed by atoms with Gasteiger partial charge in [-0.05, 0) is 25.5 Å². The fourth-order valence-corrected chi connectivity index (χ4v) is 1.95. The number of ether oxygens (including phenoxy) is 1. The number of halogens is 2. The van der Waals surface area contributed by atoms with Crippen LogP contribution in [0.4, 0.5) is 0 Å². The molecule has 1 aromatic heterocycles. The zero-order valence-corrected chi connectivity index (χ0v) is 10.9. The summed E-state index contributed by atoms with van der Waals surface area (Å²) in [5.41, 5.74) is 0.522. The van der Waals surface area contributed by atoms with Crippen LogP contribution in [-0.4, -0.2) is 6.61 Å². The lowest BCUT2D eigenvalue weighted by molar-refractivity contribution is 0.340. The van der Waals surface area contributed by atoms with Gasteiger partial charge in [-0.25, -0.2) is 4.79 Å². The van der Waals surface area contributed by atoms with Crippen LogP contribution in [0.3, 0.4) is 0 Å². The number of benzene rings is 1. The van der Waals surface area contributed by atoms with E-state index in [1.165, 1.54) is 0 Å². The van der Waals surface area contributed by atoms with E-state index in [0.717, 1.165) is 0 Å². The Morgan fingerprint density at radius 3 is 2.71 bits per heavy atom. The molecule has 0 amide bonds. The number of hydrogen-bond acceptors (Lipinski definition) is 3. The second-order valence-corrected chi connectivity index (χ2v) is 4.33. The van der Waals surface area contributed by atoms with Crippen LogP contribution in [0.5, 0.6) is 5.75 Å². The Labute approximate surface area is 108 Å². The van der Waals surface area contributed by atoms with Crippen LogP contribution >= 0.6 is 23.2 Å². The number of rotatable bonds is 2. The molecule has 0 unspecified atom stereocenters. The molecule has 0 saturated carbocycles. The van der Waals surface area contributed by atoms with E-state index in [4.69, 9.17) is 32.4 Å². The quantitative estimate of drug-likeness (QED) is 0.781. The fraction of sp³-hybridized carbons (Fsp3) is 0.250. The van der Waals surface area contributed by atoms with E-state index in [2.05, 4.69) is 0 Å². The highest BCUT2D eigenvalue weighted by atomic mass is 35.5. The van der Waals surface area contributed by atoms with Gasteiger partial charge in [0.05, 0.1) is 11.6 Å². The summed E-state index contributed by atoms with van der Waals surface area (Å²) < 4.78 is 10.4. The molecule has 1 aromatic carbocycles. The molecule has 0 aliphatic carbocycles. The Bertz CT molecular complexity index is 632. The minimum Gasteiger partial charge on any atom is -0.492 e. The molecule has 3 nitrogen and oxygen atoms in total. The molecule has 0 aliphatic rings. The summed E-state index contributed by atoms with van der Waals surface area (Å²) in [5, 5.41) is 1.26. The molecule has 90 valence electrons. The van der Waals surface area contributed by atoms with Crippen LogP contribution in [0.2, 0.25) is 10.0 Å². The maximum absolute atomic E-state index is 11.4. The van der Waals surface area contributed by atoms with Crippen LogP contribution in [0, 0.1) is 6.92 Å². The SMILES string of the molecule is CCOc1cc2oc(=O)c(Cl)c(C)c2cc1Cl. The highest BCUT2D eigenvalue weighted by Crippen LogP contribution is 2.32. The molecule has 2 aromatic rings. The molecule has 17 heavy (non-hydrogen) atoms. The van der Waals surface area contributed by atoms with Crippen molar-refractivity contribution in [3.63, 3.8) is 0 Å².